The molecule has 2 unspecified atom stereocenters. The number of alkyl halides is 3. The average Bonchev–Trinajstić information content (AvgIpc) is 2.46. The van der Waals surface area contributed by atoms with Gasteiger partial charge in [0, 0.05) is 18.5 Å². The quantitative estimate of drug-likeness (QED) is 0.837. The molecule has 0 aliphatic carbocycles. The van der Waals surface area contributed by atoms with Crippen molar-refractivity contribution in [1.29, 1.82) is 0 Å². The van der Waals surface area contributed by atoms with Crippen LogP contribution in [0.15, 0.2) is 18.2 Å². The van der Waals surface area contributed by atoms with Gasteiger partial charge in [-0.2, -0.15) is 13.2 Å². The van der Waals surface area contributed by atoms with Gasteiger partial charge in [-0.1, -0.05) is 6.07 Å². The molecule has 2 atom stereocenters. The zero-order valence-corrected chi connectivity index (χ0v) is 11.8. The molecule has 0 bridgehead atoms. The van der Waals surface area contributed by atoms with E-state index in [1.165, 1.54) is 19.2 Å². The lowest BCUT2D eigenvalue weighted by Gasteiger charge is -2.33. The molecular formula is C14H16F4N2O2. The largest absolute Gasteiger partial charge is 0.494 e. The molecular weight excluding hydrogens is 304 g/mol. The van der Waals surface area contributed by atoms with Gasteiger partial charge in [0.25, 0.3) is 0 Å². The van der Waals surface area contributed by atoms with Crippen molar-refractivity contribution in [3.63, 3.8) is 0 Å². The highest BCUT2D eigenvalue weighted by molar-refractivity contribution is 5.82. The molecule has 1 aromatic rings. The minimum absolute atomic E-state index is 0.0635. The average molecular weight is 320 g/mol. The van der Waals surface area contributed by atoms with Crippen LogP contribution in [0, 0.1) is 5.82 Å². The SMILES string of the molecule is COc1ccc(C2CCNCC2NC(=O)C(F)(F)F)cc1F. The van der Waals surface area contributed by atoms with Crippen molar-refractivity contribution >= 4 is 5.91 Å². The van der Waals surface area contributed by atoms with Gasteiger partial charge in [0.1, 0.15) is 0 Å². The van der Waals surface area contributed by atoms with Crippen LogP contribution in [0.5, 0.6) is 5.75 Å². The van der Waals surface area contributed by atoms with Crippen molar-refractivity contribution < 1.29 is 27.1 Å². The molecule has 1 amide bonds. The van der Waals surface area contributed by atoms with Crippen molar-refractivity contribution in [1.82, 2.24) is 10.6 Å². The van der Waals surface area contributed by atoms with Gasteiger partial charge in [-0.25, -0.2) is 4.39 Å². The Bertz CT molecular complexity index is 548. The first-order chi connectivity index (χ1) is 10.3. The Morgan fingerprint density at radius 1 is 1.41 bits per heavy atom. The summed E-state index contributed by atoms with van der Waals surface area (Å²) in [4.78, 5) is 11.1. The number of amides is 1. The predicted molar refractivity (Wildman–Crippen MR) is 71.2 cm³/mol. The first-order valence-corrected chi connectivity index (χ1v) is 6.74. The van der Waals surface area contributed by atoms with Gasteiger partial charge in [0.15, 0.2) is 11.6 Å². The second kappa shape index (κ2) is 6.51. The van der Waals surface area contributed by atoms with Crippen LogP contribution in [0.4, 0.5) is 17.6 Å². The lowest BCUT2D eigenvalue weighted by molar-refractivity contribution is -0.174. The van der Waals surface area contributed by atoms with Crippen molar-refractivity contribution in [3.8, 4) is 5.75 Å². The number of carbonyl (C=O) groups excluding carboxylic acids is 1. The Labute approximate surface area is 124 Å². The van der Waals surface area contributed by atoms with Crippen LogP contribution in [0.25, 0.3) is 0 Å². The number of nitrogens with one attached hydrogen (secondary N) is 2. The summed E-state index contributed by atoms with van der Waals surface area (Å²) < 4.78 is 55.8. The van der Waals surface area contributed by atoms with E-state index in [9.17, 15) is 22.4 Å². The molecule has 1 fully saturated rings. The van der Waals surface area contributed by atoms with E-state index in [0.29, 0.717) is 18.5 Å². The predicted octanol–water partition coefficient (Wildman–Crippen LogP) is 1.96. The lowest BCUT2D eigenvalue weighted by Crippen LogP contribution is -2.53. The Kier molecular flexibility index (Phi) is 4.90. The molecule has 2 rings (SSSR count). The van der Waals surface area contributed by atoms with E-state index in [1.807, 2.05) is 5.32 Å². The number of ether oxygens (including phenoxy) is 1. The maximum Gasteiger partial charge on any atom is 0.471 e. The zero-order chi connectivity index (χ0) is 16.3. The van der Waals surface area contributed by atoms with Gasteiger partial charge in [-0.15, -0.1) is 0 Å². The Morgan fingerprint density at radius 2 is 2.14 bits per heavy atom. The minimum atomic E-state index is -4.94. The number of methoxy groups -OCH3 is 1. The van der Waals surface area contributed by atoms with Crippen molar-refractivity contribution in [3.05, 3.63) is 29.6 Å². The molecule has 1 heterocycles. The molecule has 1 aliphatic heterocycles. The summed E-state index contributed by atoms with van der Waals surface area (Å²) in [5.74, 6) is -2.90. The molecule has 0 spiro atoms. The van der Waals surface area contributed by atoms with Gasteiger partial charge in [0.05, 0.1) is 7.11 Å². The smallest absolute Gasteiger partial charge is 0.471 e. The molecule has 0 radical (unpaired) electrons. The van der Waals surface area contributed by atoms with Crippen LogP contribution in [-0.2, 0) is 4.79 Å². The van der Waals surface area contributed by atoms with E-state index in [2.05, 4.69) is 5.32 Å². The van der Waals surface area contributed by atoms with E-state index in [-0.39, 0.29) is 12.3 Å². The van der Waals surface area contributed by atoms with Gasteiger partial charge in [-0.05, 0) is 30.7 Å². The second-order valence-corrected chi connectivity index (χ2v) is 5.07. The number of benzene rings is 1. The molecule has 122 valence electrons. The first kappa shape index (κ1) is 16.5. The fourth-order valence-corrected chi connectivity index (χ4v) is 2.57. The van der Waals surface area contributed by atoms with Gasteiger partial charge in [0.2, 0.25) is 0 Å². The summed E-state index contributed by atoms with van der Waals surface area (Å²) in [7, 11) is 1.33. The van der Waals surface area contributed by atoms with Gasteiger partial charge in [-0.3, -0.25) is 4.79 Å². The van der Waals surface area contributed by atoms with Crippen LogP contribution in [0.1, 0.15) is 17.9 Å². The highest BCUT2D eigenvalue weighted by atomic mass is 19.4. The molecule has 4 nitrogen and oxygen atoms in total. The Balaban J connectivity index is 2.19. The molecule has 1 saturated heterocycles. The van der Waals surface area contributed by atoms with E-state index in [4.69, 9.17) is 4.74 Å². The Hall–Kier alpha value is -1.83. The number of halogens is 4. The minimum Gasteiger partial charge on any atom is -0.494 e. The standard InChI is InChI=1S/C14H16F4N2O2/c1-22-12-3-2-8(6-10(12)15)9-4-5-19-7-11(9)20-13(21)14(16,17)18/h2-3,6,9,11,19H,4-5,7H2,1H3,(H,20,21). The number of rotatable bonds is 3. The molecule has 0 saturated carbocycles. The summed E-state index contributed by atoms with van der Waals surface area (Å²) >= 11 is 0. The Morgan fingerprint density at radius 3 is 2.73 bits per heavy atom. The summed E-state index contributed by atoms with van der Waals surface area (Å²) in [6.45, 7) is 0.775. The highest BCUT2D eigenvalue weighted by Crippen LogP contribution is 2.29. The van der Waals surface area contributed by atoms with E-state index in [1.54, 1.807) is 6.07 Å². The van der Waals surface area contributed by atoms with E-state index < -0.39 is 29.9 Å². The highest BCUT2D eigenvalue weighted by Gasteiger charge is 2.41. The number of hydrogen-bond donors (Lipinski definition) is 2. The lowest BCUT2D eigenvalue weighted by atomic mass is 9.86. The third-order valence-corrected chi connectivity index (χ3v) is 3.66. The summed E-state index contributed by atoms with van der Waals surface area (Å²) in [5, 5.41) is 4.90. The fraction of sp³-hybridized carbons (Fsp3) is 0.500. The molecule has 0 aromatic heterocycles. The number of piperidine rings is 1. The monoisotopic (exact) mass is 320 g/mol. The fourth-order valence-electron chi connectivity index (χ4n) is 2.57. The molecule has 22 heavy (non-hydrogen) atoms. The van der Waals surface area contributed by atoms with Crippen LogP contribution in [0.2, 0.25) is 0 Å². The first-order valence-electron chi connectivity index (χ1n) is 6.74. The van der Waals surface area contributed by atoms with Crippen LogP contribution >= 0.6 is 0 Å². The second-order valence-electron chi connectivity index (χ2n) is 5.07. The van der Waals surface area contributed by atoms with Crippen LogP contribution in [0.3, 0.4) is 0 Å². The third-order valence-electron chi connectivity index (χ3n) is 3.66. The normalized spacial score (nSPS) is 22.2. The maximum atomic E-state index is 13.8. The zero-order valence-electron chi connectivity index (χ0n) is 11.8. The summed E-state index contributed by atoms with van der Waals surface area (Å²) in [6, 6.07) is 3.51. The van der Waals surface area contributed by atoms with Gasteiger partial charge >= 0.3 is 12.1 Å². The van der Waals surface area contributed by atoms with Crippen molar-refractivity contribution in [2.24, 2.45) is 0 Å². The van der Waals surface area contributed by atoms with Crippen molar-refractivity contribution in [2.45, 2.75) is 24.6 Å². The molecule has 2 N–H and O–H groups in total. The van der Waals surface area contributed by atoms with Crippen LogP contribution in [-0.4, -0.2) is 38.3 Å². The molecule has 1 aromatic carbocycles. The summed E-state index contributed by atoms with van der Waals surface area (Å²) in [6.07, 6.45) is -4.44. The maximum absolute atomic E-state index is 13.8. The number of hydrogen-bond acceptors (Lipinski definition) is 3. The number of carbonyl (C=O) groups is 1. The van der Waals surface area contributed by atoms with Crippen molar-refractivity contribution in [2.75, 3.05) is 20.2 Å². The van der Waals surface area contributed by atoms with E-state index in [0.717, 1.165) is 0 Å². The van der Waals surface area contributed by atoms with Crippen LogP contribution < -0.4 is 15.4 Å². The molecule has 8 heteroatoms. The van der Waals surface area contributed by atoms with E-state index >= 15 is 0 Å². The summed E-state index contributed by atoms with van der Waals surface area (Å²) in [5.41, 5.74) is 0.535. The topological polar surface area (TPSA) is 50.4 Å². The third kappa shape index (κ3) is 3.68. The van der Waals surface area contributed by atoms with Gasteiger partial charge < -0.3 is 15.4 Å². The molecule has 1 aliphatic rings.